The maximum atomic E-state index is 13.5. The minimum atomic E-state index is -1.03. The van der Waals surface area contributed by atoms with Crippen molar-refractivity contribution >= 4 is 28.9 Å². The summed E-state index contributed by atoms with van der Waals surface area (Å²) in [5.74, 6) is 5.76. The molecule has 1 aromatic rings. The van der Waals surface area contributed by atoms with Crippen LogP contribution in [0, 0.1) is 29.1 Å². The molecule has 0 saturated heterocycles. The molecule has 1 aliphatic rings. The summed E-state index contributed by atoms with van der Waals surface area (Å²) >= 11 is 1.13. The first-order chi connectivity index (χ1) is 13.5. The number of carboxylic acid groups (broad SMARTS) is 1. The fraction of sp³-hybridized carbons (Fsp3) is 0.652. The Hall–Kier alpha value is -1.84. The predicted molar refractivity (Wildman–Crippen MR) is 118 cm³/mol. The van der Waals surface area contributed by atoms with Gasteiger partial charge in [-0.25, -0.2) is 4.79 Å². The summed E-state index contributed by atoms with van der Waals surface area (Å²) in [5.41, 5.74) is 0.249. The van der Waals surface area contributed by atoms with Crippen LogP contribution in [0.25, 0.3) is 0 Å². The van der Waals surface area contributed by atoms with Crippen LogP contribution in [0.2, 0.25) is 0 Å². The summed E-state index contributed by atoms with van der Waals surface area (Å²) in [7, 11) is 1.59. The van der Waals surface area contributed by atoms with Crippen LogP contribution >= 0.6 is 11.3 Å². The zero-order valence-electron chi connectivity index (χ0n) is 18.4. The van der Waals surface area contributed by atoms with E-state index in [4.69, 9.17) is 4.74 Å². The van der Waals surface area contributed by atoms with E-state index < -0.39 is 5.97 Å². The molecule has 29 heavy (non-hydrogen) atoms. The van der Waals surface area contributed by atoms with Gasteiger partial charge < -0.3 is 14.7 Å². The van der Waals surface area contributed by atoms with Gasteiger partial charge in [0.2, 0.25) is 5.91 Å². The largest absolute Gasteiger partial charge is 0.477 e. The van der Waals surface area contributed by atoms with E-state index in [0.29, 0.717) is 23.1 Å². The summed E-state index contributed by atoms with van der Waals surface area (Å²) in [6.45, 7) is 10.5. The third-order valence-electron chi connectivity index (χ3n) is 5.18. The van der Waals surface area contributed by atoms with Crippen molar-refractivity contribution in [1.29, 1.82) is 0 Å². The topological polar surface area (TPSA) is 66.8 Å². The van der Waals surface area contributed by atoms with Crippen LogP contribution in [0.1, 0.15) is 74.9 Å². The lowest BCUT2D eigenvalue weighted by atomic mass is 9.82. The number of carboxylic acids is 1. The molecule has 1 heterocycles. The van der Waals surface area contributed by atoms with E-state index in [0.717, 1.165) is 37.0 Å². The van der Waals surface area contributed by atoms with Gasteiger partial charge >= 0.3 is 5.97 Å². The number of carbonyl (C=O) groups is 2. The van der Waals surface area contributed by atoms with Gasteiger partial charge in [0.25, 0.3) is 0 Å². The van der Waals surface area contributed by atoms with Gasteiger partial charge in [-0.05, 0) is 65.4 Å². The summed E-state index contributed by atoms with van der Waals surface area (Å²) in [6.07, 6.45) is 3.75. The van der Waals surface area contributed by atoms with Crippen molar-refractivity contribution < 1.29 is 19.4 Å². The van der Waals surface area contributed by atoms with Crippen molar-refractivity contribution in [2.45, 2.75) is 66.3 Å². The molecule has 0 radical (unpaired) electrons. The summed E-state index contributed by atoms with van der Waals surface area (Å²) in [5, 5.41) is 9.79. The highest BCUT2D eigenvalue weighted by molar-refractivity contribution is 7.15. The average Bonchev–Trinajstić information content (AvgIpc) is 3.04. The molecule has 0 bridgehead atoms. The van der Waals surface area contributed by atoms with Crippen molar-refractivity contribution in [3.05, 3.63) is 15.8 Å². The molecular formula is C23H33NO4S. The van der Waals surface area contributed by atoms with E-state index in [2.05, 4.69) is 18.8 Å². The third-order valence-corrected chi connectivity index (χ3v) is 6.21. The van der Waals surface area contributed by atoms with E-state index in [-0.39, 0.29) is 28.2 Å². The highest BCUT2D eigenvalue weighted by Crippen LogP contribution is 2.36. The zero-order chi connectivity index (χ0) is 21.8. The number of thiophene rings is 1. The zero-order valence-corrected chi connectivity index (χ0v) is 19.2. The average molecular weight is 420 g/mol. The molecule has 0 aliphatic heterocycles. The molecule has 1 fully saturated rings. The van der Waals surface area contributed by atoms with Crippen LogP contribution < -0.4 is 4.90 Å². The SMILES string of the molecule is COC[C@H](C)N(c1cc(C#CC(C)(C)C)sc1C(=O)O)C(=O)[C@H]1CC[C@H](C)CC1. The third kappa shape index (κ3) is 6.32. The number of carbonyl (C=O) groups excluding carboxylic acids is 1. The number of aromatic carboxylic acids is 1. The van der Waals surface area contributed by atoms with Gasteiger partial charge in [0, 0.05) is 18.4 Å². The first-order valence-electron chi connectivity index (χ1n) is 10.3. The molecule has 1 aromatic heterocycles. The van der Waals surface area contributed by atoms with Gasteiger partial charge in [0.1, 0.15) is 4.88 Å². The Labute approximate surface area is 178 Å². The lowest BCUT2D eigenvalue weighted by Crippen LogP contribution is -2.45. The Morgan fingerprint density at radius 3 is 2.45 bits per heavy atom. The van der Waals surface area contributed by atoms with Gasteiger partial charge in [0.05, 0.1) is 23.2 Å². The molecule has 2 rings (SSSR count). The minimum absolute atomic E-state index is 0.00270. The van der Waals surface area contributed by atoms with Crippen LogP contribution in [0.4, 0.5) is 5.69 Å². The number of rotatable bonds is 6. The fourth-order valence-electron chi connectivity index (χ4n) is 3.62. The number of ether oxygens (including phenoxy) is 1. The minimum Gasteiger partial charge on any atom is -0.477 e. The van der Waals surface area contributed by atoms with E-state index in [1.807, 2.05) is 27.7 Å². The number of nitrogens with zero attached hydrogens (tertiary/aromatic N) is 1. The van der Waals surface area contributed by atoms with Gasteiger partial charge in [-0.15, -0.1) is 11.3 Å². The van der Waals surface area contributed by atoms with Crippen molar-refractivity contribution in [3.63, 3.8) is 0 Å². The first-order valence-corrected chi connectivity index (χ1v) is 11.1. The highest BCUT2D eigenvalue weighted by atomic mass is 32.1. The highest BCUT2D eigenvalue weighted by Gasteiger charge is 2.34. The van der Waals surface area contributed by atoms with Crippen LogP contribution in [-0.2, 0) is 9.53 Å². The molecule has 0 aromatic carbocycles. The molecule has 1 saturated carbocycles. The van der Waals surface area contributed by atoms with Crippen LogP contribution in [-0.4, -0.2) is 36.7 Å². The van der Waals surface area contributed by atoms with Crippen LogP contribution in [0.3, 0.4) is 0 Å². The molecule has 1 amide bonds. The molecule has 1 atom stereocenters. The molecule has 5 nitrogen and oxygen atoms in total. The van der Waals surface area contributed by atoms with E-state index in [9.17, 15) is 14.7 Å². The second kappa shape index (κ2) is 9.77. The Kier molecular flexibility index (Phi) is 7.90. The molecule has 6 heteroatoms. The molecule has 160 valence electrons. The molecule has 1 aliphatic carbocycles. The number of methoxy groups -OCH3 is 1. The van der Waals surface area contributed by atoms with E-state index in [1.54, 1.807) is 18.1 Å². The Balaban J connectivity index is 2.46. The summed E-state index contributed by atoms with van der Waals surface area (Å²) in [6, 6.07) is 1.49. The Morgan fingerprint density at radius 2 is 1.93 bits per heavy atom. The molecule has 1 N–H and O–H groups in total. The standard InChI is InChI=1S/C23H33NO4S/c1-15-7-9-17(10-8-15)21(25)24(16(2)14-28-6)19-13-18(11-12-23(3,4)5)29-20(19)22(26)27/h13,15-17H,7-10,14H2,1-6H3,(H,26,27)/t15-,16-,17-/m0/s1. The lowest BCUT2D eigenvalue weighted by molar-refractivity contribution is -0.124. The monoisotopic (exact) mass is 419 g/mol. The van der Waals surface area contributed by atoms with Crippen molar-refractivity contribution in [2.75, 3.05) is 18.6 Å². The lowest BCUT2D eigenvalue weighted by Gasteiger charge is -2.34. The van der Waals surface area contributed by atoms with E-state index >= 15 is 0 Å². The molecule has 0 unspecified atom stereocenters. The number of hydrogen-bond acceptors (Lipinski definition) is 4. The van der Waals surface area contributed by atoms with Gasteiger partial charge in [-0.2, -0.15) is 0 Å². The number of anilines is 1. The summed E-state index contributed by atoms with van der Waals surface area (Å²) in [4.78, 5) is 27.9. The fourth-order valence-corrected chi connectivity index (χ4v) is 4.46. The Bertz CT molecular complexity index is 788. The van der Waals surface area contributed by atoms with Gasteiger partial charge in [-0.3, -0.25) is 4.79 Å². The van der Waals surface area contributed by atoms with Crippen LogP contribution in [0.15, 0.2) is 6.07 Å². The number of hydrogen-bond donors (Lipinski definition) is 1. The van der Waals surface area contributed by atoms with Gasteiger partial charge in [0.15, 0.2) is 0 Å². The van der Waals surface area contributed by atoms with Crippen molar-refractivity contribution in [2.24, 2.45) is 17.3 Å². The van der Waals surface area contributed by atoms with E-state index in [1.165, 1.54) is 0 Å². The first kappa shape index (κ1) is 23.4. The normalized spacial score (nSPS) is 20.5. The predicted octanol–water partition coefficient (Wildman–Crippen LogP) is 5.04. The second-order valence-corrected chi connectivity index (χ2v) is 10.2. The van der Waals surface area contributed by atoms with Crippen molar-refractivity contribution in [3.8, 4) is 11.8 Å². The second-order valence-electron chi connectivity index (χ2n) is 9.10. The van der Waals surface area contributed by atoms with Crippen molar-refractivity contribution in [1.82, 2.24) is 0 Å². The number of amides is 1. The molecular weight excluding hydrogens is 386 g/mol. The van der Waals surface area contributed by atoms with Gasteiger partial charge in [-0.1, -0.05) is 18.8 Å². The van der Waals surface area contributed by atoms with Crippen LogP contribution in [0.5, 0.6) is 0 Å². The maximum Gasteiger partial charge on any atom is 0.348 e. The maximum absolute atomic E-state index is 13.5. The quantitative estimate of drug-likeness (QED) is 0.656. The molecule has 0 spiro atoms. The summed E-state index contributed by atoms with van der Waals surface area (Å²) < 4.78 is 5.29. The smallest absolute Gasteiger partial charge is 0.348 e. The Morgan fingerprint density at radius 1 is 1.31 bits per heavy atom.